The van der Waals surface area contributed by atoms with Gasteiger partial charge in [0.1, 0.15) is 0 Å². The largest absolute Gasteiger partial charge is 0.356 e. The smallest absolute Gasteiger partial charge is 0.219 e. The standard InChI is InChI=1S/C11H24N2O.C2H6/c1-4-11(14)13-9-7-5-6-8-12-10(2)3;1-2/h10,12H,4-9H2,1-3H3,(H,13,14);1-2H3. The third-order valence-corrected chi connectivity index (χ3v) is 2.05. The van der Waals surface area contributed by atoms with Crippen molar-refractivity contribution in [3.05, 3.63) is 0 Å². The van der Waals surface area contributed by atoms with E-state index in [4.69, 9.17) is 0 Å². The number of unbranched alkanes of at least 4 members (excludes halogenated alkanes) is 2. The molecule has 0 fully saturated rings. The van der Waals surface area contributed by atoms with Gasteiger partial charge in [-0.25, -0.2) is 0 Å². The molecule has 0 aromatic heterocycles. The first-order chi connectivity index (χ1) is 7.66. The predicted octanol–water partition coefficient (Wildman–Crippen LogP) is 2.71. The highest BCUT2D eigenvalue weighted by atomic mass is 16.1. The van der Waals surface area contributed by atoms with E-state index in [2.05, 4.69) is 24.5 Å². The molecule has 0 spiro atoms. The Morgan fingerprint density at radius 1 is 1.06 bits per heavy atom. The molecular weight excluding hydrogens is 200 g/mol. The number of amides is 1. The SMILES string of the molecule is CC.CCC(=O)NCCCCCNC(C)C. The number of nitrogens with one attached hydrogen (secondary N) is 2. The zero-order valence-corrected chi connectivity index (χ0v) is 11.7. The first-order valence-corrected chi connectivity index (χ1v) is 6.67. The zero-order valence-electron chi connectivity index (χ0n) is 11.7. The van der Waals surface area contributed by atoms with Crippen molar-refractivity contribution in [2.24, 2.45) is 0 Å². The van der Waals surface area contributed by atoms with Crippen molar-refractivity contribution >= 4 is 5.91 Å². The van der Waals surface area contributed by atoms with Crippen molar-refractivity contribution < 1.29 is 4.79 Å². The molecule has 16 heavy (non-hydrogen) atoms. The number of hydrogen-bond donors (Lipinski definition) is 2. The van der Waals surface area contributed by atoms with E-state index >= 15 is 0 Å². The molecule has 0 radical (unpaired) electrons. The Kier molecular flexibility index (Phi) is 16.1. The predicted molar refractivity (Wildman–Crippen MR) is 71.6 cm³/mol. The summed E-state index contributed by atoms with van der Waals surface area (Å²) < 4.78 is 0. The maximum Gasteiger partial charge on any atom is 0.219 e. The first-order valence-electron chi connectivity index (χ1n) is 6.67. The van der Waals surface area contributed by atoms with Crippen LogP contribution in [0.3, 0.4) is 0 Å². The van der Waals surface area contributed by atoms with Crippen LogP contribution in [0.4, 0.5) is 0 Å². The second-order valence-corrected chi connectivity index (χ2v) is 3.87. The molecule has 2 N–H and O–H groups in total. The summed E-state index contributed by atoms with van der Waals surface area (Å²) in [6.45, 7) is 12.1. The molecule has 0 aromatic carbocycles. The summed E-state index contributed by atoms with van der Waals surface area (Å²) in [4.78, 5) is 10.9. The number of carbonyl (C=O) groups is 1. The van der Waals surface area contributed by atoms with Crippen LogP contribution in [-0.2, 0) is 4.79 Å². The minimum absolute atomic E-state index is 0.158. The lowest BCUT2D eigenvalue weighted by molar-refractivity contribution is -0.120. The third kappa shape index (κ3) is 15.9. The summed E-state index contributed by atoms with van der Waals surface area (Å²) in [7, 11) is 0. The van der Waals surface area contributed by atoms with Crippen LogP contribution in [0.5, 0.6) is 0 Å². The normalized spacial score (nSPS) is 9.62. The molecule has 0 saturated carbocycles. The second-order valence-electron chi connectivity index (χ2n) is 3.87. The molecule has 0 aliphatic rings. The maximum absolute atomic E-state index is 10.9. The number of hydrogen-bond acceptors (Lipinski definition) is 2. The van der Waals surface area contributed by atoms with Gasteiger partial charge in [0.25, 0.3) is 0 Å². The molecule has 0 aliphatic heterocycles. The van der Waals surface area contributed by atoms with Gasteiger partial charge in [-0.3, -0.25) is 4.79 Å². The lowest BCUT2D eigenvalue weighted by Gasteiger charge is -2.07. The Bertz CT molecular complexity index is 147. The summed E-state index contributed by atoms with van der Waals surface area (Å²) in [5.41, 5.74) is 0. The topological polar surface area (TPSA) is 41.1 Å². The fourth-order valence-corrected chi connectivity index (χ4v) is 1.17. The lowest BCUT2D eigenvalue weighted by atomic mass is 10.2. The average molecular weight is 230 g/mol. The van der Waals surface area contributed by atoms with Crippen LogP contribution in [0.2, 0.25) is 0 Å². The van der Waals surface area contributed by atoms with Crippen LogP contribution in [0.15, 0.2) is 0 Å². The molecule has 0 bridgehead atoms. The summed E-state index contributed by atoms with van der Waals surface area (Å²) in [6.07, 6.45) is 4.06. The van der Waals surface area contributed by atoms with Crippen molar-refractivity contribution in [1.82, 2.24) is 10.6 Å². The van der Waals surface area contributed by atoms with Gasteiger partial charge in [-0.05, 0) is 19.4 Å². The highest BCUT2D eigenvalue weighted by Gasteiger charge is 1.95. The lowest BCUT2D eigenvalue weighted by Crippen LogP contribution is -2.25. The van der Waals surface area contributed by atoms with E-state index < -0.39 is 0 Å². The molecule has 3 heteroatoms. The maximum atomic E-state index is 10.9. The minimum Gasteiger partial charge on any atom is -0.356 e. The molecular formula is C13H30N2O. The summed E-state index contributed by atoms with van der Waals surface area (Å²) in [6, 6.07) is 0.579. The molecule has 98 valence electrons. The second kappa shape index (κ2) is 14.4. The monoisotopic (exact) mass is 230 g/mol. The number of carbonyl (C=O) groups excluding carboxylic acids is 1. The van der Waals surface area contributed by atoms with Crippen LogP contribution < -0.4 is 10.6 Å². The van der Waals surface area contributed by atoms with Gasteiger partial charge in [0.15, 0.2) is 0 Å². The van der Waals surface area contributed by atoms with Crippen molar-refractivity contribution in [1.29, 1.82) is 0 Å². The summed E-state index contributed by atoms with van der Waals surface area (Å²) >= 11 is 0. The Hall–Kier alpha value is -0.570. The van der Waals surface area contributed by atoms with E-state index in [1.165, 1.54) is 12.8 Å². The molecule has 3 nitrogen and oxygen atoms in total. The van der Waals surface area contributed by atoms with E-state index in [9.17, 15) is 4.79 Å². The van der Waals surface area contributed by atoms with Crippen molar-refractivity contribution in [2.75, 3.05) is 13.1 Å². The molecule has 0 heterocycles. The van der Waals surface area contributed by atoms with Crippen LogP contribution in [0.1, 0.15) is 60.3 Å². The van der Waals surface area contributed by atoms with Gasteiger partial charge < -0.3 is 10.6 Å². The van der Waals surface area contributed by atoms with E-state index in [-0.39, 0.29) is 5.91 Å². The molecule has 0 aromatic rings. The van der Waals surface area contributed by atoms with Gasteiger partial charge in [0, 0.05) is 19.0 Å². The molecule has 1 amide bonds. The average Bonchev–Trinajstić information content (AvgIpc) is 2.29. The van der Waals surface area contributed by atoms with Crippen molar-refractivity contribution in [2.45, 2.75) is 66.3 Å². The van der Waals surface area contributed by atoms with Crippen LogP contribution in [0, 0.1) is 0 Å². The quantitative estimate of drug-likeness (QED) is 0.630. The van der Waals surface area contributed by atoms with Gasteiger partial charge in [-0.1, -0.05) is 41.0 Å². The fraction of sp³-hybridized carbons (Fsp3) is 0.923. The zero-order chi connectivity index (χ0) is 12.8. The molecule has 0 atom stereocenters. The van der Waals surface area contributed by atoms with Crippen LogP contribution >= 0.6 is 0 Å². The minimum atomic E-state index is 0.158. The van der Waals surface area contributed by atoms with Crippen LogP contribution in [0.25, 0.3) is 0 Å². The highest BCUT2D eigenvalue weighted by molar-refractivity contribution is 5.75. The first kappa shape index (κ1) is 17.8. The van der Waals surface area contributed by atoms with Crippen molar-refractivity contribution in [3.63, 3.8) is 0 Å². The van der Waals surface area contributed by atoms with Gasteiger partial charge in [-0.2, -0.15) is 0 Å². The Labute approximate surface area is 101 Å². The highest BCUT2D eigenvalue weighted by Crippen LogP contribution is 1.93. The van der Waals surface area contributed by atoms with Crippen LogP contribution in [-0.4, -0.2) is 25.0 Å². The molecule has 0 rings (SSSR count). The molecule has 0 unspecified atom stereocenters. The van der Waals surface area contributed by atoms with Gasteiger partial charge >= 0.3 is 0 Å². The summed E-state index contributed by atoms with van der Waals surface area (Å²) in [5, 5.41) is 6.24. The fourth-order valence-electron chi connectivity index (χ4n) is 1.17. The Morgan fingerprint density at radius 3 is 2.12 bits per heavy atom. The summed E-state index contributed by atoms with van der Waals surface area (Å²) in [5.74, 6) is 0.158. The Balaban J connectivity index is 0. The van der Waals surface area contributed by atoms with E-state index in [1.807, 2.05) is 20.8 Å². The number of rotatable bonds is 8. The molecule has 0 saturated heterocycles. The third-order valence-electron chi connectivity index (χ3n) is 2.05. The van der Waals surface area contributed by atoms with Crippen molar-refractivity contribution in [3.8, 4) is 0 Å². The van der Waals surface area contributed by atoms with Gasteiger partial charge in [-0.15, -0.1) is 0 Å². The van der Waals surface area contributed by atoms with E-state index in [0.717, 1.165) is 19.5 Å². The van der Waals surface area contributed by atoms with Gasteiger partial charge in [0.05, 0.1) is 0 Å². The van der Waals surface area contributed by atoms with Gasteiger partial charge in [0.2, 0.25) is 5.91 Å². The van der Waals surface area contributed by atoms with E-state index in [0.29, 0.717) is 12.5 Å². The molecule has 0 aliphatic carbocycles. The Morgan fingerprint density at radius 2 is 1.62 bits per heavy atom. The van der Waals surface area contributed by atoms with E-state index in [1.54, 1.807) is 0 Å².